The Hall–Kier alpha value is -1.65. The molecular weight excluding hydrogens is 545 g/mol. The van der Waals surface area contributed by atoms with E-state index in [2.05, 4.69) is 22.2 Å². The van der Waals surface area contributed by atoms with Gasteiger partial charge >= 0.3 is 7.82 Å². The zero-order chi connectivity index (χ0) is 29.5. The Bertz CT molecular complexity index is 995. The van der Waals surface area contributed by atoms with Crippen molar-refractivity contribution in [2.24, 2.45) is 11.8 Å². The van der Waals surface area contributed by atoms with Crippen LogP contribution in [0.4, 0.5) is 17.5 Å². The Morgan fingerprint density at radius 1 is 0.951 bits per heavy atom. The van der Waals surface area contributed by atoms with E-state index < -0.39 is 7.82 Å². The molecule has 236 valence electrons. The predicted octanol–water partition coefficient (Wildman–Crippen LogP) is 5.93. The number of phosphoric ester groups is 1. The number of H-pyrrole nitrogens is 1. The van der Waals surface area contributed by atoms with E-state index in [0.717, 1.165) is 19.3 Å². The van der Waals surface area contributed by atoms with Crippen LogP contribution in [0.1, 0.15) is 116 Å². The summed E-state index contributed by atoms with van der Waals surface area (Å²) >= 11 is 0. The van der Waals surface area contributed by atoms with Crippen molar-refractivity contribution in [3.05, 3.63) is 10.4 Å². The smallest absolute Gasteiger partial charge is 0.396 e. The van der Waals surface area contributed by atoms with Crippen LogP contribution in [0.2, 0.25) is 0 Å². The van der Waals surface area contributed by atoms with Crippen molar-refractivity contribution >= 4 is 25.3 Å². The van der Waals surface area contributed by atoms with Gasteiger partial charge in [-0.1, -0.05) is 103 Å². The van der Waals surface area contributed by atoms with Crippen molar-refractivity contribution in [2.75, 3.05) is 42.4 Å². The van der Waals surface area contributed by atoms with E-state index in [-0.39, 0.29) is 49.2 Å². The maximum absolute atomic E-state index is 12.5. The molecule has 0 spiro atoms. The first-order valence-corrected chi connectivity index (χ1v) is 17.5. The van der Waals surface area contributed by atoms with Gasteiger partial charge in [0.25, 0.3) is 5.56 Å². The number of fused-ring (bicyclic) bond motifs is 1. The molecule has 0 bridgehead atoms. The molecule has 0 radical (unpaired) electrons. The third-order valence-corrected chi connectivity index (χ3v) is 9.56. The van der Waals surface area contributed by atoms with Crippen molar-refractivity contribution < 1.29 is 23.6 Å². The topological polar surface area (TPSA) is 163 Å². The summed E-state index contributed by atoms with van der Waals surface area (Å²) in [5, 5.41) is 12.8. The van der Waals surface area contributed by atoms with Crippen LogP contribution in [0.3, 0.4) is 0 Å². The Labute approximate surface area is 245 Å². The van der Waals surface area contributed by atoms with E-state index in [1.807, 2.05) is 4.90 Å². The monoisotopic (exact) mass is 599 g/mol. The molecule has 0 amide bonds. The summed E-state index contributed by atoms with van der Waals surface area (Å²) in [6.45, 7) is 2.71. The van der Waals surface area contributed by atoms with Crippen LogP contribution in [0.5, 0.6) is 0 Å². The fraction of sp³-hybridized carbons (Fsp3) is 0.862. The van der Waals surface area contributed by atoms with Crippen molar-refractivity contribution in [3.8, 4) is 0 Å². The third-order valence-electron chi connectivity index (χ3n) is 8.58. The number of aromatic amines is 1. The molecule has 3 rings (SSSR count). The summed E-state index contributed by atoms with van der Waals surface area (Å²) in [5.74, 6) is 0.179. The lowest BCUT2D eigenvalue weighted by Gasteiger charge is -2.48. The lowest BCUT2D eigenvalue weighted by atomic mass is 9.69. The fourth-order valence-electron chi connectivity index (χ4n) is 6.00. The highest BCUT2D eigenvalue weighted by molar-refractivity contribution is 7.47. The lowest BCUT2D eigenvalue weighted by Crippen LogP contribution is -2.55. The third kappa shape index (κ3) is 11.2. The van der Waals surface area contributed by atoms with E-state index in [1.165, 1.54) is 83.5 Å². The second-order valence-electron chi connectivity index (χ2n) is 11.8. The molecule has 6 N–H and O–H groups in total. The molecule has 4 atom stereocenters. The number of nitrogens with one attached hydrogen (secondary N) is 2. The van der Waals surface area contributed by atoms with Crippen molar-refractivity contribution in [3.63, 3.8) is 0 Å². The number of phosphoric acid groups is 1. The Morgan fingerprint density at radius 3 is 2.07 bits per heavy atom. The highest BCUT2D eigenvalue weighted by atomic mass is 31.2. The molecule has 11 nitrogen and oxygen atoms in total. The number of unbranched alkanes of at least 4 members (excludes halogenated alkanes) is 15. The Morgan fingerprint density at radius 2 is 1.51 bits per heavy atom. The number of hydrogen-bond donors (Lipinski definition) is 5. The van der Waals surface area contributed by atoms with Crippen LogP contribution in [0, 0.1) is 11.8 Å². The van der Waals surface area contributed by atoms with Crippen molar-refractivity contribution in [2.45, 2.75) is 122 Å². The first-order chi connectivity index (χ1) is 19.9. The summed E-state index contributed by atoms with van der Waals surface area (Å²) in [7, 11) is -4.20. The highest BCUT2D eigenvalue weighted by Gasteiger charge is 2.47. The number of aliphatic hydroxyl groups is 1. The van der Waals surface area contributed by atoms with E-state index in [0.29, 0.717) is 24.6 Å². The van der Waals surface area contributed by atoms with Crippen LogP contribution >= 0.6 is 7.82 Å². The molecule has 0 saturated heterocycles. The summed E-state index contributed by atoms with van der Waals surface area (Å²) in [6.07, 6.45) is 20.9. The zero-order valence-corrected chi connectivity index (χ0v) is 25.9. The summed E-state index contributed by atoms with van der Waals surface area (Å²) in [6, 6.07) is -0.116. The van der Waals surface area contributed by atoms with Crippen molar-refractivity contribution in [1.29, 1.82) is 0 Å². The summed E-state index contributed by atoms with van der Waals surface area (Å²) in [5.41, 5.74) is 5.73. The average Bonchev–Trinajstić information content (AvgIpc) is 3.33. The largest absolute Gasteiger partial charge is 0.472 e. The van der Waals surface area contributed by atoms with E-state index in [1.54, 1.807) is 0 Å². The average molecular weight is 600 g/mol. The lowest BCUT2D eigenvalue weighted by molar-refractivity contribution is 0.0168. The molecule has 2 heterocycles. The molecular formula is C29H54N5O6P. The second-order valence-corrected chi connectivity index (χ2v) is 13.2. The van der Waals surface area contributed by atoms with Gasteiger partial charge < -0.3 is 26.0 Å². The number of anilines is 3. The molecule has 1 aliphatic heterocycles. The molecule has 1 aromatic heterocycles. The van der Waals surface area contributed by atoms with Crippen molar-refractivity contribution in [1.82, 2.24) is 9.97 Å². The molecule has 2 aliphatic rings. The minimum atomic E-state index is -4.20. The van der Waals surface area contributed by atoms with Crippen LogP contribution in [-0.2, 0) is 13.6 Å². The van der Waals surface area contributed by atoms with Crippen LogP contribution < -0.4 is 21.5 Å². The fourth-order valence-corrected chi connectivity index (χ4v) is 6.79. The molecule has 0 aromatic carbocycles. The summed E-state index contributed by atoms with van der Waals surface area (Å²) < 4.78 is 23.0. The van der Waals surface area contributed by atoms with Crippen LogP contribution in [0.25, 0.3) is 0 Å². The minimum Gasteiger partial charge on any atom is -0.396 e. The molecule has 1 unspecified atom stereocenters. The van der Waals surface area contributed by atoms with Gasteiger partial charge in [-0.15, -0.1) is 0 Å². The van der Waals surface area contributed by atoms with E-state index in [4.69, 9.17) is 14.8 Å². The Balaban J connectivity index is 1.22. The molecule has 1 aliphatic carbocycles. The van der Waals surface area contributed by atoms with Gasteiger partial charge in [-0.05, 0) is 18.8 Å². The summed E-state index contributed by atoms with van der Waals surface area (Å²) in [4.78, 5) is 31.0. The number of nitrogens with zero attached hydrogens (tertiary/aromatic N) is 2. The minimum absolute atomic E-state index is 0.0237. The van der Waals surface area contributed by atoms with Gasteiger partial charge in [0, 0.05) is 18.6 Å². The maximum Gasteiger partial charge on any atom is 0.472 e. The number of nitrogen functional groups attached to an aromatic ring is 1. The highest BCUT2D eigenvalue weighted by Crippen LogP contribution is 2.48. The van der Waals surface area contributed by atoms with Gasteiger partial charge in [0.05, 0.1) is 19.9 Å². The zero-order valence-electron chi connectivity index (χ0n) is 25.0. The molecule has 1 aromatic rings. The molecule has 12 heteroatoms. The number of aliphatic hydroxyl groups excluding tert-OH is 1. The number of rotatable bonds is 23. The SMILES string of the molecule is CCCCCCCCCCCCCCCCCCOP(=O)(O)OC[C@@H]1[C@@H](CO)C[C@H]1N1CNc2c1nc(N)[nH]c2=O. The van der Waals surface area contributed by atoms with Crippen LogP contribution in [-0.4, -0.2) is 52.5 Å². The first kappa shape index (κ1) is 33.8. The predicted molar refractivity (Wildman–Crippen MR) is 164 cm³/mol. The number of nitrogens with two attached hydrogens (primary N) is 1. The first-order valence-electron chi connectivity index (χ1n) is 16.0. The van der Waals surface area contributed by atoms with Gasteiger partial charge in [-0.2, -0.15) is 4.98 Å². The quantitative estimate of drug-likeness (QED) is 0.0752. The number of aromatic nitrogens is 2. The van der Waals surface area contributed by atoms with E-state index in [9.17, 15) is 19.4 Å². The number of hydrogen-bond acceptors (Lipinski definition) is 9. The van der Waals surface area contributed by atoms with Gasteiger partial charge in [-0.25, -0.2) is 4.57 Å². The molecule has 41 heavy (non-hydrogen) atoms. The molecule has 1 fully saturated rings. The molecule has 1 saturated carbocycles. The van der Waals surface area contributed by atoms with Gasteiger partial charge in [0.15, 0.2) is 5.82 Å². The Kier molecular flexibility index (Phi) is 15.0. The second kappa shape index (κ2) is 18.1. The van der Waals surface area contributed by atoms with E-state index >= 15 is 0 Å². The standard InChI is InChI=1S/C29H54N5O6P/c1-2-3-4-5-6-7-8-9-10-11-12-13-14-15-16-17-18-39-41(37,38)40-21-24-23(20-35)19-25(24)34-22-31-26-27(34)32-29(30)33-28(26)36/h23-25,31,35H,2-22H2,1H3,(H,37,38)(H3,30,32,33,36)/t23-,24-,25-/m1/s1. The van der Waals surface area contributed by atoms with Crippen LogP contribution in [0.15, 0.2) is 4.79 Å². The van der Waals surface area contributed by atoms with Gasteiger partial charge in [-0.3, -0.25) is 18.8 Å². The van der Waals surface area contributed by atoms with Gasteiger partial charge in [0.2, 0.25) is 5.95 Å². The maximum atomic E-state index is 12.5. The van der Waals surface area contributed by atoms with Gasteiger partial charge in [0.1, 0.15) is 5.69 Å². The normalized spacial score (nSPS) is 21.3.